The van der Waals surface area contributed by atoms with Crippen LogP contribution in [-0.4, -0.2) is 20.5 Å². The molecule has 4 aromatic rings. The number of nitrogens with zero attached hydrogens (tertiary/aromatic N) is 3. The maximum Gasteiger partial charge on any atom is 0.291 e. The van der Waals surface area contributed by atoms with E-state index in [1.807, 2.05) is 53.1 Å². The van der Waals surface area contributed by atoms with Gasteiger partial charge in [-0.15, -0.1) is 10.2 Å². The lowest BCUT2D eigenvalue weighted by Gasteiger charge is -2.05. The lowest BCUT2D eigenvalue weighted by molar-refractivity contribution is 0.0995. The van der Waals surface area contributed by atoms with E-state index in [4.69, 9.17) is 4.42 Å². The molecule has 0 saturated heterocycles. The van der Waals surface area contributed by atoms with Crippen LogP contribution in [0.3, 0.4) is 0 Å². The standard InChI is InChI=1S/C17H11BrN4O2/c18-14-8-7-13(24-14)17(23)19-12-5-3-4-11(10-12)16-21-20-15-6-1-2-9-22(15)16/h1-10H,(H,19,23). The van der Waals surface area contributed by atoms with Crippen LogP contribution >= 0.6 is 15.9 Å². The lowest BCUT2D eigenvalue weighted by atomic mass is 10.2. The Labute approximate surface area is 145 Å². The van der Waals surface area contributed by atoms with Gasteiger partial charge in [0.25, 0.3) is 5.91 Å². The zero-order chi connectivity index (χ0) is 16.5. The van der Waals surface area contributed by atoms with E-state index in [-0.39, 0.29) is 11.7 Å². The number of hydrogen-bond donors (Lipinski definition) is 1. The molecule has 0 unspecified atom stereocenters. The van der Waals surface area contributed by atoms with Gasteiger partial charge < -0.3 is 9.73 Å². The van der Waals surface area contributed by atoms with Crippen LogP contribution in [0.15, 0.2) is 69.9 Å². The van der Waals surface area contributed by atoms with Crippen LogP contribution in [0, 0.1) is 0 Å². The first-order valence-electron chi connectivity index (χ1n) is 7.17. The van der Waals surface area contributed by atoms with Crippen LogP contribution in [0.25, 0.3) is 17.0 Å². The minimum absolute atomic E-state index is 0.236. The van der Waals surface area contributed by atoms with Gasteiger partial charge in [0, 0.05) is 17.4 Å². The number of hydrogen-bond acceptors (Lipinski definition) is 4. The Kier molecular flexibility index (Phi) is 3.62. The summed E-state index contributed by atoms with van der Waals surface area (Å²) in [5.41, 5.74) is 2.27. The van der Waals surface area contributed by atoms with E-state index in [0.717, 1.165) is 11.2 Å². The van der Waals surface area contributed by atoms with Crippen LogP contribution in [0.4, 0.5) is 5.69 Å². The molecule has 0 aliphatic heterocycles. The van der Waals surface area contributed by atoms with Gasteiger partial charge in [0.05, 0.1) is 0 Å². The summed E-state index contributed by atoms with van der Waals surface area (Å²) in [5, 5.41) is 11.2. The maximum absolute atomic E-state index is 12.2. The molecule has 0 saturated carbocycles. The third kappa shape index (κ3) is 2.69. The second-order valence-corrected chi connectivity index (χ2v) is 5.87. The molecule has 3 heterocycles. The predicted octanol–water partition coefficient (Wildman–Crippen LogP) is 4.00. The quantitative estimate of drug-likeness (QED) is 0.580. The molecule has 6 nitrogen and oxygen atoms in total. The fourth-order valence-corrected chi connectivity index (χ4v) is 2.71. The zero-order valence-electron chi connectivity index (χ0n) is 12.3. The Hall–Kier alpha value is -2.93. The second-order valence-electron chi connectivity index (χ2n) is 5.09. The van der Waals surface area contributed by atoms with Gasteiger partial charge in [-0.05, 0) is 52.3 Å². The molecule has 118 valence electrons. The van der Waals surface area contributed by atoms with Crippen molar-refractivity contribution >= 4 is 33.2 Å². The maximum atomic E-state index is 12.2. The van der Waals surface area contributed by atoms with Crippen LogP contribution in [-0.2, 0) is 0 Å². The number of furan rings is 1. The first-order chi connectivity index (χ1) is 11.7. The van der Waals surface area contributed by atoms with Gasteiger partial charge in [-0.2, -0.15) is 0 Å². The summed E-state index contributed by atoms with van der Waals surface area (Å²) in [6.07, 6.45) is 1.90. The zero-order valence-corrected chi connectivity index (χ0v) is 13.9. The van der Waals surface area contributed by atoms with Crippen LogP contribution in [0.1, 0.15) is 10.6 Å². The smallest absolute Gasteiger partial charge is 0.291 e. The number of aromatic nitrogens is 3. The molecule has 1 N–H and O–H groups in total. The highest BCUT2D eigenvalue weighted by atomic mass is 79.9. The predicted molar refractivity (Wildman–Crippen MR) is 92.8 cm³/mol. The van der Waals surface area contributed by atoms with Crippen molar-refractivity contribution in [2.75, 3.05) is 5.32 Å². The van der Waals surface area contributed by atoms with Crippen molar-refractivity contribution in [2.45, 2.75) is 0 Å². The Bertz CT molecular complexity index is 1040. The Morgan fingerprint density at radius 2 is 2.00 bits per heavy atom. The van der Waals surface area contributed by atoms with E-state index in [0.29, 0.717) is 16.2 Å². The minimum atomic E-state index is -0.316. The van der Waals surface area contributed by atoms with E-state index < -0.39 is 0 Å². The van der Waals surface area contributed by atoms with E-state index in [9.17, 15) is 4.79 Å². The summed E-state index contributed by atoms with van der Waals surface area (Å²) in [6.45, 7) is 0. The Morgan fingerprint density at radius 3 is 2.83 bits per heavy atom. The third-order valence-corrected chi connectivity index (χ3v) is 3.92. The number of pyridine rings is 1. The van der Waals surface area contributed by atoms with Crippen molar-refractivity contribution in [2.24, 2.45) is 0 Å². The van der Waals surface area contributed by atoms with Gasteiger partial charge in [-0.1, -0.05) is 18.2 Å². The number of carbonyl (C=O) groups excluding carboxylic acids is 1. The van der Waals surface area contributed by atoms with Gasteiger partial charge in [-0.3, -0.25) is 9.20 Å². The first kappa shape index (κ1) is 14.6. The molecule has 7 heteroatoms. The molecule has 0 aliphatic rings. The van der Waals surface area contributed by atoms with E-state index >= 15 is 0 Å². The molecule has 0 fully saturated rings. The lowest BCUT2D eigenvalue weighted by Crippen LogP contribution is -2.10. The molecule has 0 atom stereocenters. The van der Waals surface area contributed by atoms with Crippen molar-refractivity contribution in [1.29, 1.82) is 0 Å². The molecule has 1 amide bonds. The fourth-order valence-electron chi connectivity index (χ4n) is 2.40. The number of rotatable bonds is 3. The molecule has 1 aromatic carbocycles. The summed E-state index contributed by atoms with van der Waals surface area (Å²) < 4.78 is 7.66. The van der Waals surface area contributed by atoms with Crippen LogP contribution in [0.5, 0.6) is 0 Å². The summed E-state index contributed by atoms with van der Waals surface area (Å²) in [6, 6.07) is 16.4. The van der Waals surface area contributed by atoms with Crippen molar-refractivity contribution < 1.29 is 9.21 Å². The largest absolute Gasteiger partial charge is 0.444 e. The number of carbonyl (C=O) groups is 1. The number of benzene rings is 1. The molecular formula is C17H11BrN4O2. The van der Waals surface area contributed by atoms with Crippen molar-refractivity contribution in [3.05, 3.63) is 71.2 Å². The molecule has 24 heavy (non-hydrogen) atoms. The average molecular weight is 383 g/mol. The highest BCUT2D eigenvalue weighted by Crippen LogP contribution is 2.22. The number of fused-ring (bicyclic) bond motifs is 1. The second kappa shape index (κ2) is 5.93. The number of anilines is 1. The highest BCUT2D eigenvalue weighted by Gasteiger charge is 2.12. The van der Waals surface area contributed by atoms with Gasteiger partial charge in [0.15, 0.2) is 21.9 Å². The Morgan fingerprint density at radius 1 is 1.08 bits per heavy atom. The average Bonchev–Trinajstić information content (AvgIpc) is 3.21. The van der Waals surface area contributed by atoms with E-state index in [1.165, 1.54) is 0 Å². The van der Waals surface area contributed by atoms with Crippen LogP contribution in [0.2, 0.25) is 0 Å². The van der Waals surface area contributed by atoms with Crippen molar-refractivity contribution in [1.82, 2.24) is 14.6 Å². The highest BCUT2D eigenvalue weighted by molar-refractivity contribution is 9.10. The normalized spacial score (nSPS) is 10.9. The summed E-state index contributed by atoms with van der Waals surface area (Å²) in [7, 11) is 0. The summed E-state index contributed by atoms with van der Waals surface area (Å²) in [4.78, 5) is 12.2. The van der Waals surface area contributed by atoms with Gasteiger partial charge >= 0.3 is 0 Å². The van der Waals surface area contributed by atoms with E-state index in [1.54, 1.807) is 12.1 Å². The molecule has 3 aromatic heterocycles. The van der Waals surface area contributed by atoms with E-state index in [2.05, 4.69) is 31.4 Å². The molecule has 4 rings (SSSR count). The van der Waals surface area contributed by atoms with Crippen LogP contribution < -0.4 is 5.32 Å². The van der Waals surface area contributed by atoms with Gasteiger partial charge in [-0.25, -0.2) is 0 Å². The first-order valence-corrected chi connectivity index (χ1v) is 7.97. The van der Waals surface area contributed by atoms with Crippen molar-refractivity contribution in [3.8, 4) is 11.4 Å². The summed E-state index contributed by atoms with van der Waals surface area (Å²) in [5.74, 6) is 0.631. The SMILES string of the molecule is O=C(Nc1cccc(-c2nnc3ccccn23)c1)c1ccc(Br)o1. The van der Waals surface area contributed by atoms with Gasteiger partial charge in [0.1, 0.15) is 0 Å². The van der Waals surface area contributed by atoms with Gasteiger partial charge in [0.2, 0.25) is 0 Å². The Balaban J connectivity index is 1.65. The minimum Gasteiger partial charge on any atom is -0.444 e. The van der Waals surface area contributed by atoms with Crippen molar-refractivity contribution in [3.63, 3.8) is 0 Å². The number of amides is 1. The molecule has 0 radical (unpaired) electrons. The fraction of sp³-hybridized carbons (Fsp3) is 0. The molecule has 0 aliphatic carbocycles. The molecule has 0 bridgehead atoms. The molecule has 0 spiro atoms. The third-order valence-electron chi connectivity index (χ3n) is 3.49. The topological polar surface area (TPSA) is 72.4 Å². The monoisotopic (exact) mass is 382 g/mol. The molecular weight excluding hydrogens is 372 g/mol. The number of halogens is 1. The number of nitrogens with one attached hydrogen (secondary N) is 1. The summed E-state index contributed by atoms with van der Waals surface area (Å²) >= 11 is 3.18.